The number of nitrogens with one attached hydrogen (secondary N) is 2. The van der Waals surface area contributed by atoms with Crippen molar-refractivity contribution in [1.82, 2.24) is 30.8 Å². The molecule has 0 saturated carbocycles. The van der Waals surface area contributed by atoms with Gasteiger partial charge in [-0.3, -0.25) is 9.59 Å². The summed E-state index contributed by atoms with van der Waals surface area (Å²) in [5, 5.41) is 16.6. The van der Waals surface area contributed by atoms with E-state index in [1.165, 1.54) is 11.0 Å². The quantitative estimate of drug-likeness (QED) is 0.702. The van der Waals surface area contributed by atoms with Gasteiger partial charge in [-0.05, 0) is 35.7 Å². The highest BCUT2D eigenvalue weighted by molar-refractivity contribution is 5.91. The van der Waals surface area contributed by atoms with E-state index in [1.54, 1.807) is 0 Å². The average molecular weight is 280 g/mol. The van der Waals surface area contributed by atoms with Gasteiger partial charge in [-0.15, -0.1) is 5.10 Å². The molecular formula is C12H20N6O2. The Labute approximate surface area is 117 Å². The summed E-state index contributed by atoms with van der Waals surface area (Å²) >= 11 is 0. The summed E-state index contributed by atoms with van der Waals surface area (Å²) in [5.41, 5.74) is 0. The van der Waals surface area contributed by atoms with E-state index in [1.807, 2.05) is 13.8 Å². The molecule has 2 rings (SSSR count). The van der Waals surface area contributed by atoms with Crippen molar-refractivity contribution in [3.05, 3.63) is 6.33 Å². The van der Waals surface area contributed by atoms with Gasteiger partial charge in [0.15, 0.2) is 5.78 Å². The lowest BCUT2D eigenvalue weighted by Crippen LogP contribution is -2.51. The van der Waals surface area contributed by atoms with Gasteiger partial charge in [0, 0.05) is 0 Å². The van der Waals surface area contributed by atoms with Crippen molar-refractivity contribution >= 4 is 11.7 Å². The Morgan fingerprint density at radius 1 is 1.50 bits per heavy atom. The third-order valence-corrected chi connectivity index (χ3v) is 3.40. The molecule has 0 aliphatic carbocycles. The maximum atomic E-state index is 12.3. The minimum atomic E-state index is -0.519. The number of ketones is 1. The topological polar surface area (TPSA) is 102 Å². The van der Waals surface area contributed by atoms with Gasteiger partial charge in [0.05, 0.1) is 12.1 Å². The van der Waals surface area contributed by atoms with E-state index in [-0.39, 0.29) is 30.2 Å². The summed E-state index contributed by atoms with van der Waals surface area (Å²) in [7, 11) is 0. The van der Waals surface area contributed by atoms with Crippen LogP contribution in [0.1, 0.15) is 26.7 Å². The lowest BCUT2D eigenvalue weighted by Gasteiger charge is -2.23. The van der Waals surface area contributed by atoms with Crippen LogP contribution in [0.5, 0.6) is 0 Å². The second-order valence-corrected chi connectivity index (χ2v) is 5.35. The van der Waals surface area contributed by atoms with Gasteiger partial charge in [-0.2, -0.15) is 0 Å². The number of tetrazole rings is 1. The smallest absolute Gasteiger partial charge is 0.237 e. The first-order chi connectivity index (χ1) is 9.58. The molecular weight excluding hydrogens is 260 g/mol. The Bertz CT molecular complexity index is 453. The highest BCUT2D eigenvalue weighted by atomic mass is 16.2. The van der Waals surface area contributed by atoms with Crippen LogP contribution in [-0.2, 0) is 16.1 Å². The molecule has 20 heavy (non-hydrogen) atoms. The van der Waals surface area contributed by atoms with Gasteiger partial charge in [-0.25, -0.2) is 4.68 Å². The van der Waals surface area contributed by atoms with Crippen molar-refractivity contribution in [1.29, 1.82) is 0 Å². The van der Waals surface area contributed by atoms with Crippen LogP contribution in [0.2, 0.25) is 0 Å². The van der Waals surface area contributed by atoms with Crippen LogP contribution < -0.4 is 10.6 Å². The van der Waals surface area contributed by atoms with Gasteiger partial charge in [0.1, 0.15) is 12.9 Å². The van der Waals surface area contributed by atoms with Crippen LogP contribution in [0.15, 0.2) is 6.33 Å². The van der Waals surface area contributed by atoms with E-state index in [0.29, 0.717) is 0 Å². The molecule has 1 amide bonds. The Balaban J connectivity index is 1.95. The van der Waals surface area contributed by atoms with Crippen LogP contribution in [0, 0.1) is 5.92 Å². The monoisotopic (exact) mass is 280 g/mol. The summed E-state index contributed by atoms with van der Waals surface area (Å²) in [6.07, 6.45) is 3.19. The van der Waals surface area contributed by atoms with Gasteiger partial charge in [0.2, 0.25) is 5.91 Å². The number of hydrogen-bond acceptors (Lipinski definition) is 6. The highest BCUT2D eigenvalue weighted by Gasteiger charge is 2.29. The van der Waals surface area contributed by atoms with Crippen LogP contribution in [0.25, 0.3) is 0 Å². The van der Waals surface area contributed by atoms with Crippen molar-refractivity contribution in [3.63, 3.8) is 0 Å². The lowest BCUT2D eigenvalue weighted by atomic mass is 9.99. The molecule has 110 valence electrons. The Hall–Kier alpha value is -1.83. The number of carbonyl (C=O) groups is 2. The largest absolute Gasteiger partial charge is 0.345 e. The maximum Gasteiger partial charge on any atom is 0.237 e. The molecule has 0 bridgehead atoms. The molecule has 2 N–H and O–H groups in total. The Kier molecular flexibility index (Phi) is 4.78. The zero-order chi connectivity index (χ0) is 14.5. The zero-order valence-corrected chi connectivity index (χ0v) is 11.7. The molecule has 8 heteroatoms. The van der Waals surface area contributed by atoms with E-state index in [4.69, 9.17) is 0 Å². The molecule has 1 aromatic rings. The molecule has 2 atom stereocenters. The SMILES string of the molecule is CC(C)C(NC(=O)C1CCCN1)C(=O)Cn1cnnn1. The first kappa shape index (κ1) is 14.6. The van der Waals surface area contributed by atoms with E-state index in [9.17, 15) is 9.59 Å². The third-order valence-electron chi connectivity index (χ3n) is 3.40. The van der Waals surface area contributed by atoms with Gasteiger partial charge in [-0.1, -0.05) is 13.8 Å². The van der Waals surface area contributed by atoms with E-state index in [0.717, 1.165) is 19.4 Å². The zero-order valence-electron chi connectivity index (χ0n) is 11.7. The number of Topliss-reactive ketones (excluding diaryl/α,β-unsaturated/α-hetero) is 1. The molecule has 0 radical (unpaired) electrons. The number of hydrogen-bond donors (Lipinski definition) is 2. The fourth-order valence-corrected chi connectivity index (χ4v) is 2.29. The summed E-state index contributed by atoms with van der Waals surface area (Å²) in [6.45, 7) is 4.73. The van der Waals surface area contributed by atoms with E-state index in [2.05, 4.69) is 26.2 Å². The number of aromatic nitrogens is 4. The Morgan fingerprint density at radius 2 is 2.30 bits per heavy atom. The number of amides is 1. The molecule has 0 spiro atoms. The molecule has 0 aromatic carbocycles. The fraction of sp³-hybridized carbons (Fsp3) is 0.750. The molecule has 2 unspecified atom stereocenters. The van der Waals surface area contributed by atoms with Crippen molar-refractivity contribution in [2.24, 2.45) is 5.92 Å². The number of carbonyl (C=O) groups excluding carboxylic acids is 2. The number of rotatable bonds is 6. The first-order valence-corrected chi connectivity index (χ1v) is 6.85. The van der Waals surface area contributed by atoms with E-state index >= 15 is 0 Å². The average Bonchev–Trinajstić information content (AvgIpc) is 3.07. The van der Waals surface area contributed by atoms with Crippen LogP contribution in [0.4, 0.5) is 0 Å². The summed E-state index contributed by atoms with van der Waals surface area (Å²) in [5.74, 6) is -0.186. The second kappa shape index (κ2) is 6.56. The van der Waals surface area contributed by atoms with Crippen molar-refractivity contribution in [2.45, 2.75) is 45.3 Å². The van der Waals surface area contributed by atoms with Gasteiger partial charge >= 0.3 is 0 Å². The van der Waals surface area contributed by atoms with Crippen LogP contribution in [0.3, 0.4) is 0 Å². The molecule has 8 nitrogen and oxygen atoms in total. The van der Waals surface area contributed by atoms with Crippen molar-refractivity contribution in [2.75, 3.05) is 6.54 Å². The normalized spacial score (nSPS) is 20.1. The van der Waals surface area contributed by atoms with Gasteiger partial charge in [0.25, 0.3) is 0 Å². The standard InChI is InChI=1S/C12H20N6O2/c1-8(2)11(10(19)6-18-7-14-16-17-18)15-12(20)9-4-3-5-13-9/h7-9,11,13H,3-6H2,1-2H3,(H,15,20). The summed E-state index contributed by atoms with van der Waals surface area (Å²) in [6, 6.07) is -0.703. The van der Waals surface area contributed by atoms with Crippen molar-refractivity contribution in [3.8, 4) is 0 Å². The first-order valence-electron chi connectivity index (χ1n) is 6.85. The van der Waals surface area contributed by atoms with Crippen LogP contribution >= 0.6 is 0 Å². The minimum absolute atomic E-state index is 0.0179. The highest BCUT2D eigenvalue weighted by Crippen LogP contribution is 2.09. The second-order valence-electron chi connectivity index (χ2n) is 5.35. The molecule has 1 saturated heterocycles. The maximum absolute atomic E-state index is 12.3. The molecule has 1 aromatic heterocycles. The van der Waals surface area contributed by atoms with E-state index < -0.39 is 6.04 Å². The number of nitrogens with zero attached hydrogens (tertiary/aromatic N) is 4. The predicted molar refractivity (Wildman–Crippen MR) is 70.6 cm³/mol. The van der Waals surface area contributed by atoms with Gasteiger partial charge < -0.3 is 10.6 Å². The molecule has 1 fully saturated rings. The van der Waals surface area contributed by atoms with Crippen molar-refractivity contribution < 1.29 is 9.59 Å². The van der Waals surface area contributed by atoms with Crippen LogP contribution in [-0.4, -0.2) is 50.5 Å². The lowest BCUT2D eigenvalue weighted by molar-refractivity contribution is -0.130. The third kappa shape index (κ3) is 3.60. The molecule has 2 heterocycles. The predicted octanol–water partition coefficient (Wildman–Crippen LogP) is -0.865. The summed E-state index contributed by atoms with van der Waals surface area (Å²) < 4.78 is 1.36. The minimum Gasteiger partial charge on any atom is -0.345 e. The Morgan fingerprint density at radius 3 is 2.85 bits per heavy atom. The molecule has 1 aliphatic heterocycles. The summed E-state index contributed by atoms with van der Waals surface area (Å²) in [4.78, 5) is 24.3. The fourth-order valence-electron chi connectivity index (χ4n) is 2.29. The molecule has 1 aliphatic rings.